The lowest BCUT2D eigenvalue weighted by atomic mass is 10.1. The van der Waals surface area contributed by atoms with Crippen LogP contribution in [0.1, 0.15) is 26.3 Å². The molecular formula is C19H17ClN2O5. The van der Waals surface area contributed by atoms with Crippen molar-refractivity contribution in [1.82, 2.24) is 5.32 Å². The molecule has 0 heterocycles. The van der Waals surface area contributed by atoms with Crippen LogP contribution in [0.25, 0.3) is 6.08 Å². The van der Waals surface area contributed by atoms with Crippen LogP contribution in [-0.4, -0.2) is 32.2 Å². The van der Waals surface area contributed by atoms with Crippen LogP contribution in [0.2, 0.25) is 5.02 Å². The molecule has 2 aromatic rings. The molecule has 2 aromatic carbocycles. The smallest absolute Gasteiger partial charge is 0.339 e. The molecular weight excluding hydrogens is 372 g/mol. The summed E-state index contributed by atoms with van der Waals surface area (Å²) < 4.78 is 9.32. The van der Waals surface area contributed by atoms with Gasteiger partial charge in [-0.2, -0.15) is 0 Å². The van der Waals surface area contributed by atoms with Gasteiger partial charge in [-0.1, -0.05) is 23.7 Å². The number of esters is 2. The minimum Gasteiger partial charge on any atom is -0.465 e. The van der Waals surface area contributed by atoms with Gasteiger partial charge in [0.25, 0.3) is 0 Å². The fraction of sp³-hybridized carbons (Fsp3) is 0.105. The third-order valence-electron chi connectivity index (χ3n) is 3.45. The first kappa shape index (κ1) is 20.0. The Hall–Kier alpha value is -3.32. The highest BCUT2D eigenvalue weighted by atomic mass is 35.5. The Morgan fingerprint density at radius 2 is 1.63 bits per heavy atom. The molecule has 0 bridgehead atoms. The number of hydrogen-bond acceptors (Lipinski definition) is 5. The van der Waals surface area contributed by atoms with Crippen molar-refractivity contribution >= 4 is 41.3 Å². The highest BCUT2D eigenvalue weighted by molar-refractivity contribution is 6.30. The molecule has 0 aliphatic carbocycles. The molecule has 0 aromatic heterocycles. The minimum atomic E-state index is -0.654. The molecule has 2 N–H and O–H groups in total. The van der Waals surface area contributed by atoms with Gasteiger partial charge in [0, 0.05) is 11.2 Å². The maximum atomic E-state index is 12.1. The van der Waals surface area contributed by atoms with Crippen LogP contribution < -0.4 is 10.6 Å². The van der Waals surface area contributed by atoms with Crippen molar-refractivity contribution in [3.8, 4) is 0 Å². The third-order valence-corrected chi connectivity index (χ3v) is 3.71. The van der Waals surface area contributed by atoms with E-state index in [-0.39, 0.29) is 16.8 Å². The molecule has 0 fully saturated rings. The lowest BCUT2D eigenvalue weighted by Crippen LogP contribution is -2.25. The fourth-order valence-electron chi connectivity index (χ4n) is 2.13. The molecule has 2 rings (SSSR count). The van der Waals surface area contributed by atoms with Crippen LogP contribution in [-0.2, 0) is 9.47 Å². The summed E-state index contributed by atoms with van der Waals surface area (Å²) in [5.74, 6) is -1.25. The molecule has 0 aliphatic rings. The van der Waals surface area contributed by atoms with E-state index in [2.05, 4.69) is 20.1 Å². The molecule has 140 valence electrons. The zero-order valence-electron chi connectivity index (χ0n) is 14.6. The van der Waals surface area contributed by atoms with Gasteiger partial charge in [-0.15, -0.1) is 0 Å². The molecule has 0 saturated heterocycles. The van der Waals surface area contributed by atoms with Crippen molar-refractivity contribution < 1.29 is 23.9 Å². The first-order valence-corrected chi connectivity index (χ1v) is 8.12. The molecule has 0 aliphatic heterocycles. The molecule has 0 spiro atoms. The standard InChI is InChI=1S/C19H17ClN2O5/c1-26-17(23)13-5-8-15(18(24)27-2)16(11-13)22-19(25)21-10-9-12-3-6-14(20)7-4-12/h3-11H,1-2H3,(H2,21,22,25)/b10-9+. The maximum absolute atomic E-state index is 12.1. The average molecular weight is 389 g/mol. The van der Waals surface area contributed by atoms with Crippen molar-refractivity contribution in [3.63, 3.8) is 0 Å². The number of benzene rings is 2. The maximum Gasteiger partial charge on any atom is 0.339 e. The summed E-state index contributed by atoms with van der Waals surface area (Å²) in [7, 11) is 2.45. The molecule has 2 amide bonds. The summed E-state index contributed by atoms with van der Waals surface area (Å²) in [6.45, 7) is 0. The number of ether oxygens (including phenoxy) is 2. The summed E-state index contributed by atoms with van der Waals surface area (Å²) in [5.41, 5.74) is 1.23. The summed E-state index contributed by atoms with van der Waals surface area (Å²) in [6, 6.07) is 10.5. The van der Waals surface area contributed by atoms with Gasteiger partial charge in [0.2, 0.25) is 0 Å². The Morgan fingerprint density at radius 1 is 0.963 bits per heavy atom. The lowest BCUT2D eigenvalue weighted by Gasteiger charge is -2.11. The van der Waals surface area contributed by atoms with Crippen LogP contribution in [0.3, 0.4) is 0 Å². The highest BCUT2D eigenvalue weighted by Gasteiger charge is 2.17. The largest absolute Gasteiger partial charge is 0.465 e. The second-order valence-electron chi connectivity index (χ2n) is 5.23. The van der Waals surface area contributed by atoms with Gasteiger partial charge >= 0.3 is 18.0 Å². The fourth-order valence-corrected chi connectivity index (χ4v) is 2.25. The van der Waals surface area contributed by atoms with Gasteiger partial charge in [-0.05, 0) is 42.0 Å². The number of carbonyl (C=O) groups excluding carboxylic acids is 3. The van der Waals surface area contributed by atoms with E-state index in [0.717, 1.165) is 5.56 Å². The summed E-state index contributed by atoms with van der Waals surface area (Å²) in [6.07, 6.45) is 3.10. The number of amides is 2. The molecule has 7 nitrogen and oxygen atoms in total. The van der Waals surface area contributed by atoms with Crippen molar-refractivity contribution in [1.29, 1.82) is 0 Å². The van der Waals surface area contributed by atoms with Gasteiger partial charge in [-0.3, -0.25) is 0 Å². The second-order valence-corrected chi connectivity index (χ2v) is 5.66. The van der Waals surface area contributed by atoms with Crippen LogP contribution in [0.4, 0.5) is 10.5 Å². The van der Waals surface area contributed by atoms with Crippen molar-refractivity contribution in [3.05, 3.63) is 70.4 Å². The predicted octanol–water partition coefficient (Wildman–Crippen LogP) is 3.71. The van der Waals surface area contributed by atoms with E-state index in [0.29, 0.717) is 5.02 Å². The first-order valence-electron chi connectivity index (χ1n) is 7.75. The summed E-state index contributed by atoms with van der Waals surface area (Å²) >= 11 is 5.81. The molecule has 0 unspecified atom stereocenters. The number of hydrogen-bond donors (Lipinski definition) is 2. The first-order chi connectivity index (χ1) is 12.9. The van der Waals surface area contributed by atoms with Gasteiger partial charge in [0.15, 0.2) is 0 Å². The Morgan fingerprint density at radius 3 is 2.26 bits per heavy atom. The second kappa shape index (κ2) is 9.40. The zero-order valence-corrected chi connectivity index (χ0v) is 15.4. The quantitative estimate of drug-likeness (QED) is 0.761. The van der Waals surface area contributed by atoms with Gasteiger partial charge < -0.3 is 20.1 Å². The topological polar surface area (TPSA) is 93.7 Å². The predicted molar refractivity (Wildman–Crippen MR) is 102 cm³/mol. The SMILES string of the molecule is COC(=O)c1ccc(C(=O)OC)c(NC(=O)N/C=C/c2ccc(Cl)cc2)c1. The molecule has 0 saturated carbocycles. The highest BCUT2D eigenvalue weighted by Crippen LogP contribution is 2.19. The van der Waals surface area contributed by atoms with Crippen molar-refractivity contribution in [2.45, 2.75) is 0 Å². The average Bonchev–Trinajstić information content (AvgIpc) is 2.68. The van der Waals surface area contributed by atoms with E-state index in [9.17, 15) is 14.4 Å². The number of urea groups is 1. The normalized spacial score (nSPS) is 10.3. The molecule has 27 heavy (non-hydrogen) atoms. The number of nitrogens with one attached hydrogen (secondary N) is 2. The van der Waals surface area contributed by atoms with Crippen molar-refractivity contribution in [2.75, 3.05) is 19.5 Å². The van der Waals surface area contributed by atoms with Gasteiger partial charge in [-0.25, -0.2) is 14.4 Å². The number of carbonyl (C=O) groups is 3. The lowest BCUT2D eigenvalue weighted by molar-refractivity contribution is 0.0587. The molecule has 0 atom stereocenters. The van der Waals surface area contributed by atoms with E-state index in [1.54, 1.807) is 30.3 Å². The minimum absolute atomic E-state index is 0.0991. The van der Waals surface area contributed by atoms with Gasteiger partial charge in [0.1, 0.15) is 0 Å². The van der Waals surface area contributed by atoms with Crippen LogP contribution >= 0.6 is 11.6 Å². The number of methoxy groups -OCH3 is 2. The van der Waals surface area contributed by atoms with Crippen LogP contribution in [0.5, 0.6) is 0 Å². The van der Waals surface area contributed by atoms with E-state index in [1.807, 2.05) is 0 Å². The van der Waals surface area contributed by atoms with E-state index in [4.69, 9.17) is 11.6 Å². The summed E-state index contributed by atoms with van der Waals surface area (Å²) in [5, 5.41) is 5.63. The number of rotatable bonds is 5. The Kier molecular flexibility index (Phi) is 6.96. The molecule has 0 radical (unpaired) electrons. The van der Waals surface area contributed by atoms with E-state index in [1.165, 1.54) is 38.6 Å². The monoisotopic (exact) mass is 388 g/mol. The van der Waals surface area contributed by atoms with Crippen LogP contribution in [0, 0.1) is 0 Å². The van der Waals surface area contributed by atoms with E-state index >= 15 is 0 Å². The Bertz CT molecular complexity index is 878. The third kappa shape index (κ3) is 5.58. The Labute approximate surface area is 160 Å². The Balaban J connectivity index is 2.13. The zero-order chi connectivity index (χ0) is 19.8. The van der Waals surface area contributed by atoms with E-state index < -0.39 is 18.0 Å². The van der Waals surface area contributed by atoms with Crippen LogP contribution in [0.15, 0.2) is 48.7 Å². The van der Waals surface area contributed by atoms with Gasteiger partial charge in [0.05, 0.1) is 31.0 Å². The number of anilines is 1. The van der Waals surface area contributed by atoms with Crippen molar-refractivity contribution in [2.24, 2.45) is 0 Å². The summed E-state index contributed by atoms with van der Waals surface area (Å²) in [4.78, 5) is 35.6. The molecule has 8 heteroatoms. The number of halogens is 1.